The maximum Gasteiger partial charge on any atom is 0.412 e. The molecule has 1 N–H and O–H groups in total. The van der Waals surface area contributed by atoms with Gasteiger partial charge < -0.3 is 14.4 Å². The van der Waals surface area contributed by atoms with E-state index in [1.807, 2.05) is 0 Å². The monoisotopic (exact) mass is 422 g/mol. The van der Waals surface area contributed by atoms with Gasteiger partial charge in [-0.2, -0.15) is 0 Å². The summed E-state index contributed by atoms with van der Waals surface area (Å²) >= 11 is 12.2. The first-order chi connectivity index (χ1) is 13.1. The Balaban J connectivity index is 1.86. The summed E-state index contributed by atoms with van der Waals surface area (Å²) in [5.74, 6) is 0.326. The van der Waals surface area contributed by atoms with E-state index >= 15 is 0 Å². The zero-order valence-corrected chi connectivity index (χ0v) is 17.2. The van der Waals surface area contributed by atoms with Crippen molar-refractivity contribution >= 4 is 46.6 Å². The van der Waals surface area contributed by atoms with Gasteiger partial charge in [-0.3, -0.25) is 10.1 Å². The maximum atomic E-state index is 12.5. The highest BCUT2D eigenvalue weighted by Crippen LogP contribution is 2.36. The number of hydrogen-bond donors (Lipinski definition) is 1. The van der Waals surface area contributed by atoms with Crippen LogP contribution in [0.2, 0.25) is 10.0 Å². The van der Waals surface area contributed by atoms with Gasteiger partial charge in [0, 0.05) is 15.7 Å². The smallest absolute Gasteiger partial charge is 0.412 e. The first-order valence-corrected chi connectivity index (χ1v) is 9.39. The van der Waals surface area contributed by atoms with Crippen LogP contribution in [-0.4, -0.2) is 24.2 Å². The molecule has 0 aromatic heterocycles. The van der Waals surface area contributed by atoms with Crippen LogP contribution >= 0.6 is 23.2 Å². The molecular weight excluding hydrogens is 403 g/mol. The van der Waals surface area contributed by atoms with Gasteiger partial charge in [-0.1, -0.05) is 29.3 Å². The van der Waals surface area contributed by atoms with Crippen LogP contribution in [0.4, 0.5) is 16.2 Å². The highest BCUT2D eigenvalue weighted by molar-refractivity contribution is 6.35. The Hall–Kier alpha value is -2.44. The molecule has 2 aromatic carbocycles. The van der Waals surface area contributed by atoms with Gasteiger partial charge in [-0.25, -0.2) is 4.79 Å². The molecule has 148 valence electrons. The molecule has 1 aliphatic rings. The van der Waals surface area contributed by atoms with E-state index in [1.54, 1.807) is 62.1 Å². The van der Waals surface area contributed by atoms with Crippen molar-refractivity contribution in [2.24, 2.45) is 0 Å². The summed E-state index contributed by atoms with van der Waals surface area (Å²) in [7, 11) is 0. The molecule has 6 nitrogen and oxygen atoms in total. The number of nitrogens with one attached hydrogen (secondary N) is 1. The molecule has 0 atom stereocenters. The highest BCUT2D eigenvalue weighted by Gasteiger charge is 2.27. The van der Waals surface area contributed by atoms with Crippen molar-refractivity contribution < 1.29 is 19.1 Å². The molecule has 0 aliphatic carbocycles. The van der Waals surface area contributed by atoms with E-state index < -0.39 is 11.7 Å². The van der Waals surface area contributed by atoms with Crippen molar-refractivity contribution in [2.75, 3.05) is 16.8 Å². The molecule has 28 heavy (non-hydrogen) atoms. The zero-order valence-electron chi connectivity index (χ0n) is 15.7. The van der Waals surface area contributed by atoms with Crippen molar-refractivity contribution in [1.29, 1.82) is 0 Å². The molecule has 0 bridgehead atoms. The Morgan fingerprint density at radius 2 is 1.96 bits per heavy atom. The quantitative estimate of drug-likeness (QED) is 0.731. The second kappa shape index (κ2) is 7.89. The number of ether oxygens (including phenoxy) is 2. The van der Waals surface area contributed by atoms with Crippen LogP contribution in [0.25, 0.3) is 0 Å². The number of carbonyl (C=O) groups excluding carboxylic acids is 2. The standard InChI is InChI=1S/C20H20Cl2N2O4/c1-20(2,3)28-19(26)23-14-6-7-17-16(9-14)24(18(25)11-27-17)10-12-4-5-13(21)8-15(12)22/h4-9H,10-11H2,1-3H3,(H,23,26). The van der Waals surface area contributed by atoms with Gasteiger partial charge in [-0.05, 0) is 56.7 Å². The first-order valence-electron chi connectivity index (χ1n) is 8.63. The van der Waals surface area contributed by atoms with Crippen LogP contribution < -0.4 is 15.0 Å². The van der Waals surface area contributed by atoms with Crippen molar-refractivity contribution in [1.82, 2.24) is 0 Å². The second-order valence-electron chi connectivity index (χ2n) is 7.31. The molecule has 3 rings (SSSR count). The van der Waals surface area contributed by atoms with Crippen LogP contribution in [0.15, 0.2) is 36.4 Å². The lowest BCUT2D eigenvalue weighted by molar-refractivity contribution is -0.121. The molecule has 0 radical (unpaired) electrons. The predicted octanol–water partition coefficient (Wildman–Crippen LogP) is 5.27. The Morgan fingerprint density at radius 1 is 1.21 bits per heavy atom. The third-order valence-corrected chi connectivity index (χ3v) is 4.48. The molecule has 1 heterocycles. The average Bonchev–Trinajstić information content (AvgIpc) is 2.57. The van der Waals surface area contributed by atoms with Gasteiger partial charge in [-0.15, -0.1) is 0 Å². The van der Waals surface area contributed by atoms with E-state index in [2.05, 4.69) is 5.32 Å². The second-order valence-corrected chi connectivity index (χ2v) is 8.16. The third kappa shape index (κ3) is 4.88. The Kier molecular flexibility index (Phi) is 5.72. The lowest BCUT2D eigenvalue weighted by Gasteiger charge is -2.30. The summed E-state index contributed by atoms with van der Waals surface area (Å²) in [5.41, 5.74) is 1.15. The van der Waals surface area contributed by atoms with E-state index in [0.29, 0.717) is 27.2 Å². The SMILES string of the molecule is CC(C)(C)OC(=O)Nc1ccc2c(c1)N(Cc1ccc(Cl)cc1Cl)C(=O)CO2. The molecular formula is C20H20Cl2N2O4. The van der Waals surface area contributed by atoms with E-state index in [1.165, 1.54) is 0 Å². The summed E-state index contributed by atoms with van der Waals surface area (Å²) < 4.78 is 10.8. The number of benzene rings is 2. The molecule has 2 amide bonds. The fourth-order valence-corrected chi connectivity index (χ4v) is 3.16. The number of hydrogen-bond acceptors (Lipinski definition) is 4. The zero-order chi connectivity index (χ0) is 20.5. The summed E-state index contributed by atoms with van der Waals surface area (Å²) in [6.07, 6.45) is -0.581. The Labute approximate surface area is 173 Å². The van der Waals surface area contributed by atoms with Crippen LogP contribution in [0.1, 0.15) is 26.3 Å². The third-order valence-electron chi connectivity index (χ3n) is 3.89. The molecule has 8 heteroatoms. The van der Waals surface area contributed by atoms with Gasteiger partial charge >= 0.3 is 6.09 Å². The number of amides is 2. The topological polar surface area (TPSA) is 67.9 Å². The summed E-state index contributed by atoms with van der Waals surface area (Å²) in [6.45, 7) is 5.52. The normalized spacial score (nSPS) is 13.6. The maximum absolute atomic E-state index is 12.5. The van der Waals surface area contributed by atoms with Crippen LogP contribution in [-0.2, 0) is 16.1 Å². The predicted molar refractivity (Wildman–Crippen MR) is 109 cm³/mol. The molecule has 1 aliphatic heterocycles. The Bertz CT molecular complexity index is 925. The van der Waals surface area contributed by atoms with Crippen molar-refractivity contribution in [2.45, 2.75) is 32.9 Å². The number of carbonyl (C=O) groups is 2. The lowest BCUT2D eigenvalue weighted by atomic mass is 10.1. The van der Waals surface area contributed by atoms with E-state index in [-0.39, 0.29) is 19.1 Å². The van der Waals surface area contributed by atoms with Gasteiger partial charge in [0.2, 0.25) is 0 Å². The largest absolute Gasteiger partial charge is 0.482 e. The fraction of sp³-hybridized carbons (Fsp3) is 0.300. The molecule has 0 spiro atoms. The minimum atomic E-state index is -0.616. The van der Waals surface area contributed by atoms with Crippen LogP contribution in [0.3, 0.4) is 0 Å². The summed E-state index contributed by atoms with van der Waals surface area (Å²) in [6, 6.07) is 10.2. The average molecular weight is 423 g/mol. The minimum Gasteiger partial charge on any atom is -0.482 e. The Morgan fingerprint density at radius 3 is 2.64 bits per heavy atom. The van der Waals surface area contributed by atoms with Crippen molar-refractivity contribution in [3.8, 4) is 5.75 Å². The first kappa shape index (κ1) is 20.3. The van der Waals surface area contributed by atoms with Crippen LogP contribution in [0, 0.1) is 0 Å². The van der Waals surface area contributed by atoms with E-state index in [4.69, 9.17) is 32.7 Å². The van der Waals surface area contributed by atoms with Crippen molar-refractivity contribution in [3.05, 3.63) is 52.0 Å². The van der Waals surface area contributed by atoms with E-state index in [9.17, 15) is 9.59 Å². The molecule has 0 saturated carbocycles. The number of rotatable bonds is 3. The van der Waals surface area contributed by atoms with E-state index in [0.717, 1.165) is 5.56 Å². The summed E-state index contributed by atoms with van der Waals surface area (Å²) in [5, 5.41) is 3.66. The highest BCUT2D eigenvalue weighted by atomic mass is 35.5. The molecule has 0 saturated heterocycles. The van der Waals surface area contributed by atoms with Crippen LogP contribution in [0.5, 0.6) is 5.75 Å². The number of fused-ring (bicyclic) bond motifs is 1. The molecule has 0 fully saturated rings. The number of nitrogens with zero attached hydrogens (tertiary/aromatic N) is 1. The number of halogens is 2. The fourth-order valence-electron chi connectivity index (χ4n) is 2.69. The minimum absolute atomic E-state index is 0.0724. The van der Waals surface area contributed by atoms with Gasteiger partial charge in [0.15, 0.2) is 6.61 Å². The summed E-state index contributed by atoms with van der Waals surface area (Å²) in [4.78, 5) is 26.1. The van der Waals surface area contributed by atoms with Gasteiger partial charge in [0.25, 0.3) is 5.91 Å². The van der Waals surface area contributed by atoms with Gasteiger partial charge in [0.05, 0.1) is 12.2 Å². The lowest BCUT2D eigenvalue weighted by Crippen LogP contribution is -2.38. The number of anilines is 2. The van der Waals surface area contributed by atoms with Crippen molar-refractivity contribution in [3.63, 3.8) is 0 Å². The van der Waals surface area contributed by atoms with Gasteiger partial charge in [0.1, 0.15) is 11.4 Å². The molecule has 2 aromatic rings. The molecule has 0 unspecified atom stereocenters.